The fourth-order valence-electron chi connectivity index (χ4n) is 3.13. The van der Waals surface area contributed by atoms with Crippen LogP contribution in [0.3, 0.4) is 0 Å². The van der Waals surface area contributed by atoms with Crippen LogP contribution < -0.4 is 4.74 Å². The summed E-state index contributed by atoms with van der Waals surface area (Å²) in [5, 5.41) is 19.2. The predicted molar refractivity (Wildman–Crippen MR) is 96.7 cm³/mol. The molecule has 0 saturated carbocycles. The third kappa shape index (κ3) is 4.22. The molecule has 26 heavy (non-hydrogen) atoms. The molecule has 140 valence electrons. The Hall–Kier alpha value is -2.41. The minimum atomic E-state index is -1.14. The SMILES string of the molecule is CC(C)n1cc([C@]2(O)CCCN(C(=O)CCOc3ccccc3)C2)nn1. The molecular weight excluding hydrogens is 332 g/mol. The van der Waals surface area contributed by atoms with Gasteiger partial charge in [0.1, 0.15) is 17.0 Å². The van der Waals surface area contributed by atoms with Crippen molar-refractivity contribution in [2.75, 3.05) is 19.7 Å². The maximum Gasteiger partial charge on any atom is 0.226 e. The van der Waals surface area contributed by atoms with E-state index in [1.165, 1.54) is 0 Å². The Labute approximate surface area is 153 Å². The average Bonchev–Trinajstić information content (AvgIpc) is 3.14. The molecule has 0 unspecified atom stereocenters. The summed E-state index contributed by atoms with van der Waals surface area (Å²) < 4.78 is 7.32. The van der Waals surface area contributed by atoms with E-state index in [9.17, 15) is 9.90 Å². The van der Waals surface area contributed by atoms with Crippen molar-refractivity contribution in [3.8, 4) is 5.75 Å². The first-order valence-electron chi connectivity index (χ1n) is 9.08. The second kappa shape index (κ2) is 7.86. The molecule has 1 N–H and O–H groups in total. The van der Waals surface area contributed by atoms with Crippen molar-refractivity contribution in [2.24, 2.45) is 0 Å². The number of aromatic nitrogens is 3. The number of nitrogens with zero attached hydrogens (tertiary/aromatic N) is 4. The Balaban J connectivity index is 1.57. The van der Waals surface area contributed by atoms with Gasteiger partial charge in [-0.25, -0.2) is 4.68 Å². The lowest BCUT2D eigenvalue weighted by molar-refractivity contribution is -0.139. The Morgan fingerprint density at radius 1 is 1.35 bits per heavy atom. The quantitative estimate of drug-likeness (QED) is 0.856. The number of benzene rings is 1. The van der Waals surface area contributed by atoms with Crippen molar-refractivity contribution in [2.45, 2.75) is 44.8 Å². The first-order valence-corrected chi connectivity index (χ1v) is 9.08. The summed E-state index contributed by atoms with van der Waals surface area (Å²) in [4.78, 5) is 14.2. The third-order valence-electron chi connectivity index (χ3n) is 4.67. The zero-order chi connectivity index (χ0) is 18.6. The van der Waals surface area contributed by atoms with E-state index in [-0.39, 0.29) is 24.9 Å². The van der Waals surface area contributed by atoms with Gasteiger partial charge in [-0.1, -0.05) is 23.4 Å². The summed E-state index contributed by atoms with van der Waals surface area (Å²) in [5.74, 6) is 0.732. The molecule has 1 aliphatic rings. The molecule has 3 rings (SSSR count). The van der Waals surface area contributed by atoms with Crippen molar-refractivity contribution < 1.29 is 14.6 Å². The number of hydrogen-bond acceptors (Lipinski definition) is 5. The molecule has 2 aromatic rings. The van der Waals surface area contributed by atoms with Gasteiger partial charge in [-0.15, -0.1) is 5.10 Å². The smallest absolute Gasteiger partial charge is 0.226 e. The zero-order valence-corrected chi connectivity index (χ0v) is 15.3. The Morgan fingerprint density at radius 2 is 2.12 bits per heavy atom. The second-order valence-electron chi connectivity index (χ2n) is 7.04. The van der Waals surface area contributed by atoms with E-state index >= 15 is 0 Å². The second-order valence-corrected chi connectivity index (χ2v) is 7.04. The molecule has 1 aromatic carbocycles. The van der Waals surface area contributed by atoms with Crippen LogP contribution >= 0.6 is 0 Å². The predicted octanol–water partition coefficient (Wildman–Crippen LogP) is 2.14. The topological polar surface area (TPSA) is 80.5 Å². The summed E-state index contributed by atoms with van der Waals surface area (Å²) in [6.07, 6.45) is 3.37. The normalized spacial score (nSPS) is 20.4. The largest absolute Gasteiger partial charge is 0.493 e. The van der Waals surface area contributed by atoms with Gasteiger partial charge in [-0.3, -0.25) is 4.79 Å². The molecule has 1 atom stereocenters. The number of carbonyl (C=O) groups excluding carboxylic acids is 1. The number of likely N-dealkylation sites (tertiary alicyclic amines) is 1. The maximum atomic E-state index is 12.5. The number of β-amino-alcohol motifs (C(OH)–C–C–N with tert-alkyl or cyclic N) is 1. The highest BCUT2D eigenvalue weighted by Crippen LogP contribution is 2.30. The molecule has 0 aliphatic carbocycles. The first kappa shape index (κ1) is 18.4. The third-order valence-corrected chi connectivity index (χ3v) is 4.67. The molecule has 1 aromatic heterocycles. The maximum absolute atomic E-state index is 12.5. The highest BCUT2D eigenvalue weighted by molar-refractivity contribution is 5.76. The molecule has 0 bridgehead atoms. The lowest BCUT2D eigenvalue weighted by atomic mass is 9.90. The van der Waals surface area contributed by atoms with Crippen LogP contribution in [-0.4, -0.2) is 50.6 Å². The number of carbonyl (C=O) groups is 1. The Bertz CT molecular complexity index is 731. The van der Waals surface area contributed by atoms with Crippen molar-refractivity contribution in [3.63, 3.8) is 0 Å². The number of ether oxygens (including phenoxy) is 1. The van der Waals surface area contributed by atoms with Gasteiger partial charge in [0, 0.05) is 12.6 Å². The van der Waals surface area contributed by atoms with Crippen molar-refractivity contribution in [1.82, 2.24) is 19.9 Å². The molecule has 2 heterocycles. The minimum Gasteiger partial charge on any atom is -0.493 e. The molecule has 0 radical (unpaired) electrons. The summed E-state index contributed by atoms with van der Waals surface area (Å²) >= 11 is 0. The van der Waals surface area contributed by atoms with E-state index in [0.29, 0.717) is 25.3 Å². The molecule has 7 heteroatoms. The van der Waals surface area contributed by atoms with E-state index in [1.54, 1.807) is 15.8 Å². The van der Waals surface area contributed by atoms with Crippen LogP contribution in [0.15, 0.2) is 36.5 Å². The molecule has 1 fully saturated rings. The number of piperidine rings is 1. The van der Waals surface area contributed by atoms with Crippen molar-refractivity contribution >= 4 is 5.91 Å². The molecule has 7 nitrogen and oxygen atoms in total. The Morgan fingerprint density at radius 3 is 2.81 bits per heavy atom. The van der Waals surface area contributed by atoms with Gasteiger partial charge in [0.2, 0.25) is 5.91 Å². The van der Waals surface area contributed by atoms with Crippen LogP contribution in [0.2, 0.25) is 0 Å². The van der Waals surface area contributed by atoms with E-state index in [2.05, 4.69) is 10.3 Å². The fraction of sp³-hybridized carbons (Fsp3) is 0.526. The van der Waals surface area contributed by atoms with Crippen LogP contribution in [0, 0.1) is 0 Å². The van der Waals surface area contributed by atoms with Crippen LogP contribution in [-0.2, 0) is 10.4 Å². The van der Waals surface area contributed by atoms with Crippen LogP contribution in [0.4, 0.5) is 0 Å². The molecule has 1 saturated heterocycles. The van der Waals surface area contributed by atoms with Crippen molar-refractivity contribution in [1.29, 1.82) is 0 Å². The summed E-state index contributed by atoms with van der Waals surface area (Å²) in [7, 11) is 0. The number of para-hydroxylation sites is 1. The van der Waals surface area contributed by atoms with E-state index in [1.807, 2.05) is 44.2 Å². The number of amides is 1. The van der Waals surface area contributed by atoms with E-state index < -0.39 is 5.60 Å². The lowest BCUT2D eigenvalue weighted by Gasteiger charge is -2.38. The minimum absolute atomic E-state index is 0.0182. The van der Waals surface area contributed by atoms with Gasteiger partial charge >= 0.3 is 0 Å². The van der Waals surface area contributed by atoms with Gasteiger partial charge in [0.05, 0.1) is 25.8 Å². The summed E-state index contributed by atoms with van der Waals surface area (Å²) in [5.41, 5.74) is -0.606. The molecule has 0 spiro atoms. The van der Waals surface area contributed by atoms with Crippen LogP contribution in [0.5, 0.6) is 5.75 Å². The molecule has 1 amide bonds. The number of rotatable bonds is 6. The van der Waals surface area contributed by atoms with Gasteiger partial charge in [-0.05, 0) is 38.8 Å². The van der Waals surface area contributed by atoms with Crippen LogP contribution in [0.1, 0.15) is 44.8 Å². The van der Waals surface area contributed by atoms with Gasteiger partial charge < -0.3 is 14.7 Å². The number of aliphatic hydroxyl groups is 1. The van der Waals surface area contributed by atoms with E-state index in [4.69, 9.17) is 4.74 Å². The highest BCUT2D eigenvalue weighted by Gasteiger charge is 2.39. The lowest BCUT2D eigenvalue weighted by Crippen LogP contribution is -2.49. The van der Waals surface area contributed by atoms with Gasteiger partial charge in [0.25, 0.3) is 0 Å². The summed E-state index contributed by atoms with van der Waals surface area (Å²) in [6.45, 7) is 5.22. The highest BCUT2D eigenvalue weighted by atomic mass is 16.5. The van der Waals surface area contributed by atoms with Crippen molar-refractivity contribution in [3.05, 3.63) is 42.2 Å². The fourth-order valence-corrected chi connectivity index (χ4v) is 3.13. The monoisotopic (exact) mass is 358 g/mol. The van der Waals surface area contributed by atoms with Crippen LogP contribution in [0.25, 0.3) is 0 Å². The molecule has 1 aliphatic heterocycles. The zero-order valence-electron chi connectivity index (χ0n) is 15.3. The summed E-state index contributed by atoms with van der Waals surface area (Å²) in [6, 6.07) is 9.61. The first-order chi connectivity index (χ1) is 12.5. The van der Waals surface area contributed by atoms with Gasteiger partial charge in [0.15, 0.2) is 0 Å². The number of hydrogen-bond donors (Lipinski definition) is 1. The average molecular weight is 358 g/mol. The molecular formula is C19H26N4O3. The van der Waals surface area contributed by atoms with Gasteiger partial charge in [-0.2, -0.15) is 0 Å². The Kier molecular flexibility index (Phi) is 5.56. The standard InChI is InChI=1S/C19H26N4O3/c1-15(2)23-13-17(20-21-23)19(25)10-6-11-22(14-19)18(24)9-12-26-16-7-4-3-5-8-16/h3-5,7-8,13,15,25H,6,9-12,14H2,1-2H3/t19-/m0/s1. The van der Waals surface area contributed by atoms with E-state index in [0.717, 1.165) is 12.2 Å².